The third kappa shape index (κ3) is 3.35. The molecule has 0 bridgehead atoms. The molecular formula is C15H21N3O. The van der Waals surface area contributed by atoms with E-state index >= 15 is 0 Å². The van der Waals surface area contributed by atoms with Crippen LogP contribution >= 0.6 is 0 Å². The van der Waals surface area contributed by atoms with Gasteiger partial charge in [0.15, 0.2) is 0 Å². The van der Waals surface area contributed by atoms with Gasteiger partial charge in [0.1, 0.15) is 5.75 Å². The number of para-hydroxylation sites is 1. The number of rotatable bonds is 6. The minimum Gasteiger partial charge on any atom is -0.494 e. The highest BCUT2D eigenvalue weighted by Crippen LogP contribution is 2.13. The number of benzene rings is 1. The number of aromatic nitrogens is 2. The average Bonchev–Trinajstić information content (AvgIpc) is 2.70. The number of nitrogens with zero attached hydrogens (tertiary/aromatic N) is 2. The Bertz CT molecular complexity index is 520. The van der Waals surface area contributed by atoms with E-state index in [2.05, 4.69) is 12.0 Å². The lowest BCUT2D eigenvalue weighted by Crippen LogP contribution is -2.08. The fourth-order valence-corrected chi connectivity index (χ4v) is 2.17. The fourth-order valence-electron chi connectivity index (χ4n) is 2.17. The van der Waals surface area contributed by atoms with Crippen LogP contribution in [0.2, 0.25) is 0 Å². The van der Waals surface area contributed by atoms with E-state index in [1.807, 2.05) is 41.9 Å². The minimum absolute atomic E-state index is 0.554. The van der Waals surface area contributed by atoms with E-state index in [9.17, 15) is 0 Å². The summed E-state index contributed by atoms with van der Waals surface area (Å²) in [6.07, 6.45) is 0.931. The predicted octanol–water partition coefficient (Wildman–Crippen LogP) is 2.43. The second-order valence-corrected chi connectivity index (χ2v) is 4.59. The summed E-state index contributed by atoms with van der Waals surface area (Å²) < 4.78 is 7.68. The highest BCUT2D eigenvalue weighted by Gasteiger charge is 2.09. The molecule has 1 heterocycles. The van der Waals surface area contributed by atoms with Crippen molar-refractivity contribution in [3.05, 3.63) is 47.3 Å². The lowest BCUT2D eigenvalue weighted by atomic mass is 10.2. The van der Waals surface area contributed by atoms with Crippen LogP contribution in [0.5, 0.6) is 5.75 Å². The number of hydrogen-bond donors (Lipinski definition) is 1. The molecule has 0 aliphatic heterocycles. The maximum Gasteiger partial charge on any atom is 0.119 e. The molecule has 0 aliphatic rings. The molecule has 102 valence electrons. The van der Waals surface area contributed by atoms with Gasteiger partial charge < -0.3 is 10.5 Å². The van der Waals surface area contributed by atoms with Crippen LogP contribution in [-0.4, -0.2) is 16.4 Å². The molecular weight excluding hydrogens is 238 g/mol. The number of aryl methyl sites for hydroxylation is 2. The molecule has 0 aliphatic carbocycles. The number of nitrogens with two attached hydrogens (primary N) is 1. The van der Waals surface area contributed by atoms with E-state index in [4.69, 9.17) is 10.5 Å². The first-order valence-corrected chi connectivity index (χ1v) is 6.63. The Morgan fingerprint density at radius 1 is 1.21 bits per heavy atom. The van der Waals surface area contributed by atoms with Gasteiger partial charge in [-0.25, -0.2) is 0 Å². The normalized spacial score (nSPS) is 10.7. The number of ether oxygens (including phenoxy) is 1. The maximum absolute atomic E-state index is 5.72. The summed E-state index contributed by atoms with van der Waals surface area (Å²) in [7, 11) is 0. The maximum atomic E-state index is 5.72. The molecule has 1 aromatic carbocycles. The summed E-state index contributed by atoms with van der Waals surface area (Å²) in [5, 5.41) is 4.51. The summed E-state index contributed by atoms with van der Waals surface area (Å²) in [5.74, 6) is 0.915. The minimum atomic E-state index is 0.554. The Hall–Kier alpha value is -1.81. The van der Waals surface area contributed by atoms with E-state index < -0.39 is 0 Å². The molecule has 0 saturated heterocycles. The zero-order valence-corrected chi connectivity index (χ0v) is 11.6. The van der Waals surface area contributed by atoms with Crippen molar-refractivity contribution in [3.8, 4) is 5.75 Å². The third-order valence-electron chi connectivity index (χ3n) is 3.26. The zero-order valence-electron chi connectivity index (χ0n) is 11.6. The molecule has 2 aromatic rings. The van der Waals surface area contributed by atoms with Crippen molar-refractivity contribution in [1.82, 2.24) is 9.78 Å². The van der Waals surface area contributed by atoms with Gasteiger partial charge in [0, 0.05) is 30.8 Å². The van der Waals surface area contributed by atoms with Crippen molar-refractivity contribution in [3.63, 3.8) is 0 Å². The molecule has 19 heavy (non-hydrogen) atoms. The van der Waals surface area contributed by atoms with Gasteiger partial charge in [-0.15, -0.1) is 0 Å². The van der Waals surface area contributed by atoms with Crippen molar-refractivity contribution in [1.29, 1.82) is 0 Å². The van der Waals surface area contributed by atoms with E-state index in [-0.39, 0.29) is 0 Å². The van der Waals surface area contributed by atoms with E-state index in [0.717, 1.165) is 30.0 Å². The largest absolute Gasteiger partial charge is 0.494 e. The predicted molar refractivity (Wildman–Crippen MR) is 76.1 cm³/mol. The summed E-state index contributed by atoms with van der Waals surface area (Å²) in [6.45, 7) is 6.18. The highest BCUT2D eigenvalue weighted by atomic mass is 16.5. The topological polar surface area (TPSA) is 53.1 Å². The Morgan fingerprint density at radius 3 is 2.58 bits per heavy atom. The lowest BCUT2D eigenvalue weighted by Gasteiger charge is -2.07. The molecule has 0 unspecified atom stereocenters. The van der Waals surface area contributed by atoms with Crippen molar-refractivity contribution < 1.29 is 4.74 Å². The van der Waals surface area contributed by atoms with Crippen LogP contribution in [0.25, 0.3) is 0 Å². The molecule has 2 N–H and O–H groups in total. The molecule has 0 radical (unpaired) electrons. The zero-order chi connectivity index (χ0) is 13.7. The molecule has 0 spiro atoms. The second kappa shape index (κ2) is 6.38. The molecule has 0 atom stereocenters. The highest BCUT2D eigenvalue weighted by molar-refractivity contribution is 5.24. The van der Waals surface area contributed by atoms with Crippen molar-refractivity contribution in [2.75, 3.05) is 6.61 Å². The molecule has 1 aromatic heterocycles. The van der Waals surface area contributed by atoms with Crippen molar-refractivity contribution >= 4 is 0 Å². The molecule has 4 heteroatoms. The average molecular weight is 259 g/mol. The molecule has 0 fully saturated rings. The Labute approximate surface area is 114 Å². The summed E-state index contributed by atoms with van der Waals surface area (Å²) >= 11 is 0. The van der Waals surface area contributed by atoms with Crippen LogP contribution in [0.15, 0.2) is 30.3 Å². The summed E-state index contributed by atoms with van der Waals surface area (Å²) in [5.41, 5.74) is 9.07. The third-order valence-corrected chi connectivity index (χ3v) is 3.26. The second-order valence-electron chi connectivity index (χ2n) is 4.59. The quantitative estimate of drug-likeness (QED) is 0.811. The monoisotopic (exact) mass is 259 g/mol. The van der Waals surface area contributed by atoms with E-state index in [0.29, 0.717) is 13.2 Å². The Balaban J connectivity index is 1.83. The van der Waals surface area contributed by atoms with Crippen LogP contribution in [-0.2, 0) is 13.1 Å². The van der Waals surface area contributed by atoms with Crippen LogP contribution < -0.4 is 10.5 Å². The van der Waals surface area contributed by atoms with Gasteiger partial charge in [-0.05, 0) is 26.0 Å². The Morgan fingerprint density at radius 2 is 1.95 bits per heavy atom. The first-order chi connectivity index (χ1) is 9.22. The number of hydrogen-bond acceptors (Lipinski definition) is 3. The smallest absolute Gasteiger partial charge is 0.119 e. The van der Waals surface area contributed by atoms with Gasteiger partial charge in [0.05, 0.1) is 12.3 Å². The van der Waals surface area contributed by atoms with E-state index in [1.54, 1.807) is 0 Å². The Kier molecular flexibility index (Phi) is 4.58. The summed E-state index contributed by atoms with van der Waals surface area (Å²) in [4.78, 5) is 0. The van der Waals surface area contributed by atoms with Crippen LogP contribution in [0.4, 0.5) is 0 Å². The van der Waals surface area contributed by atoms with Crippen LogP contribution in [0.1, 0.15) is 23.4 Å². The standard InChI is InChI=1S/C15H21N3O/c1-12-15(11-16)13(2)18(17-12)9-6-10-19-14-7-4-3-5-8-14/h3-5,7-8H,6,9-11,16H2,1-2H3. The molecule has 0 amide bonds. The van der Waals surface area contributed by atoms with Crippen molar-refractivity contribution in [2.45, 2.75) is 33.4 Å². The fraction of sp³-hybridized carbons (Fsp3) is 0.400. The van der Waals surface area contributed by atoms with Crippen LogP contribution in [0.3, 0.4) is 0 Å². The SMILES string of the molecule is Cc1nn(CCCOc2ccccc2)c(C)c1CN. The van der Waals surface area contributed by atoms with Gasteiger partial charge in [0.25, 0.3) is 0 Å². The van der Waals surface area contributed by atoms with Crippen LogP contribution in [0, 0.1) is 13.8 Å². The molecule has 4 nitrogen and oxygen atoms in total. The van der Waals surface area contributed by atoms with Gasteiger partial charge in [-0.2, -0.15) is 5.10 Å². The molecule has 2 rings (SSSR count). The van der Waals surface area contributed by atoms with Gasteiger partial charge in [-0.1, -0.05) is 18.2 Å². The first-order valence-electron chi connectivity index (χ1n) is 6.63. The lowest BCUT2D eigenvalue weighted by molar-refractivity contribution is 0.298. The van der Waals surface area contributed by atoms with Gasteiger partial charge >= 0.3 is 0 Å². The van der Waals surface area contributed by atoms with Gasteiger partial charge in [0.2, 0.25) is 0 Å². The molecule has 0 saturated carbocycles. The summed E-state index contributed by atoms with van der Waals surface area (Å²) in [6, 6.07) is 9.87. The van der Waals surface area contributed by atoms with Crippen molar-refractivity contribution in [2.24, 2.45) is 5.73 Å². The van der Waals surface area contributed by atoms with Gasteiger partial charge in [-0.3, -0.25) is 4.68 Å². The van der Waals surface area contributed by atoms with E-state index in [1.165, 1.54) is 5.69 Å². The first kappa shape index (κ1) is 13.6.